The van der Waals surface area contributed by atoms with Crippen molar-refractivity contribution in [2.75, 3.05) is 6.61 Å². The number of esters is 1. The molecule has 0 aliphatic carbocycles. The van der Waals surface area contributed by atoms with Gasteiger partial charge in [0.05, 0.1) is 18.5 Å². The molecule has 0 atom stereocenters. The van der Waals surface area contributed by atoms with Crippen LogP contribution in [0, 0.1) is 6.92 Å². The highest BCUT2D eigenvalue weighted by molar-refractivity contribution is 5.86. The second-order valence-electron chi connectivity index (χ2n) is 2.92. The first kappa shape index (κ1) is 10.5. The molecule has 0 unspecified atom stereocenters. The number of aromatic nitrogens is 2. The van der Waals surface area contributed by atoms with Gasteiger partial charge in [-0.1, -0.05) is 0 Å². The van der Waals surface area contributed by atoms with Crippen LogP contribution < -0.4 is 0 Å². The second kappa shape index (κ2) is 4.60. The van der Waals surface area contributed by atoms with Gasteiger partial charge in [0, 0.05) is 13.1 Å². The van der Waals surface area contributed by atoms with Crippen molar-refractivity contribution >= 4 is 12.0 Å². The molecule has 4 heteroatoms. The van der Waals surface area contributed by atoms with E-state index in [2.05, 4.69) is 5.10 Å². The third-order valence-corrected chi connectivity index (χ3v) is 1.84. The summed E-state index contributed by atoms with van der Waals surface area (Å²) in [5.41, 5.74) is 1.95. The Balaban J connectivity index is 2.73. The molecule has 0 spiro atoms. The van der Waals surface area contributed by atoms with Crippen LogP contribution in [0.2, 0.25) is 0 Å². The number of nitrogens with zero attached hydrogens (tertiary/aromatic N) is 2. The third-order valence-electron chi connectivity index (χ3n) is 1.84. The summed E-state index contributed by atoms with van der Waals surface area (Å²) in [6.45, 7) is 4.12. The normalized spacial score (nSPS) is 10.8. The van der Waals surface area contributed by atoms with Crippen molar-refractivity contribution in [2.45, 2.75) is 13.8 Å². The first-order valence-corrected chi connectivity index (χ1v) is 4.48. The molecule has 1 aromatic rings. The van der Waals surface area contributed by atoms with E-state index in [1.165, 1.54) is 6.08 Å². The summed E-state index contributed by atoms with van der Waals surface area (Å²) in [5.74, 6) is -0.326. The van der Waals surface area contributed by atoms with Crippen LogP contribution in [0.4, 0.5) is 0 Å². The zero-order valence-corrected chi connectivity index (χ0v) is 8.65. The van der Waals surface area contributed by atoms with E-state index in [4.69, 9.17) is 4.74 Å². The molecule has 1 rings (SSSR count). The number of hydrogen-bond acceptors (Lipinski definition) is 3. The fraction of sp³-hybridized carbons (Fsp3) is 0.400. The van der Waals surface area contributed by atoms with E-state index in [-0.39, 0.29) is 5.97 Å². The van der Waals surface area contributed by atoms with Crippen molar-refractivity contribution in [1.82, 2.24) is 9.78 Å². The molecule has 0 saturated carbocycles. The Kier molecular flexibility index (Phi) is 3.45. The van der Waals surface area contributed by atoms with E-state index in [0.717, 1.165) is 11.3 Å². The molecule has 0 radical (unpaired) electrons. The van der Waals surface area contributed by atoms with Gasteiger partial charge in [0.25, 0.3) is 0 Å². The molecule has 0 fully saturated rings. The molecular formula is C10H14N2O2. The van der Waals surface area contributed by atoms with Crippen molar-refractivity contribution in [3.63, 3.8) is 0 Å². The molecule has 14 heavy (non-hydrogen) atoms. The van der Waals surface area contributed by atoms with Gasteiger partial charge in [0.2, 0.25) is 0 Å². The second-order valence-corrected chi connectivity index (χ2v) is 2.92. The van der Waals surface area contributed by atoms with Gasteiger partial charge in [-0.2, -0.15) is 5.10 Å². The first-order valence-electron chi connectivity index (χ1n) is 4.48. The number of ether oxygens (including phenoxy) is 1. The lowest BCUT2D eigenvalue weighted by atomic mass is 10.2. The van der Waals surface area contributed by atoms with Crippen LogP contribution in [0.25, 0.3) is 6.08 Å². The smallest absolute Gasteiger partial charge is 0.330 e. The highest BCUT2D eigenvalue weighted by Crippen LogP contribution is 2.07. The zero-order valence-electron chi connectivity index (χ0n) is 8.65. The lowest BCUT2D eigenvalue weighted by Gasteiger charge is -1.97. The Hall–Kier alpha value is -1.58. The van der Waals surface area contributed by atoms with Gasteiger partial charge in [-0.3, -0.25) is 4.68 Å². The van der Waals surface area contributed by atoms with Crippen molar-refractivity contribution in [1.29, 1.82) is 0 Å². The topological polar surface area (TPSA) is 44.1 Å². The summed E-state index contributed by atoms with van der Waals surface area (Å²) in [6, 6.07) is 0. The van der Waals surface area contributed by atoms with Crippen LogP contribution in [-0.2, 0) is 16.6 Å². The maximum absolute atomic E-state index is 11.0. The SMILES string of the molecule is CCOC(=O)/C=C/c1c(C)cnn1C. The monoisotopic (exact) mass is 194 g/mol. The zero-order chi connectivity index (χ0) is 10.6. The molecule has 1 heterocycles. The van der Waals surface area contributed by atoms with Gasteiger partial charge in [-0.05, 0) is 25.5 Å². The third kappa shape index (κ3) is 2.45. The van der Waals surface area contributed by atoms with Crippen LogP contribution in [0.1, 0.15) is 18.2 Å². The lowest BCUT2D eigenvalue weighted by molar-refractivity contribution is -0.137. The number of carbonyl (C=O) groups excluding carboxylic acids is 1. The summed E-state index contributed by atoms with van der Waals surface area (Å²) in [4.78, 5) is 11.0. The Bertz CT molecular complexity index is 334. The van der Waals surface area contributed by atoms with Crippen molar-refractivity contribution in [3.8, 4) is 0 Å². The minimum Gasteiger partial charge on any atom is -0.463 e. The van der Waals surface area contributed by atoms with E-state index in [0.29, 0.717) is 6.61 Å². The molecule has 0 bridgehead atoms. The van der Waals surface area contributed by atoms with Crippen molar-refractivity contribution in [3.05, 3.63) is 23.5 Å². The van der Waals surface area contributed by atoms with E-state index in [1.54, 1.807) is 23.9 Å². The van der Waals surface area contributed by atoms with Crippen LogP contribution in [0.5, 0.6) is 0 Å². The molecular weight excluding hydrogens is 180 g/mol. The Morgan fingerprint density at radius 3 is 2.93 bits per heavy atom. The predicted molar refractivity (Wildman–Crippen MR) is 53.6 cm³/mol. The Morgan fingerprint density at radius 1 is 1.71 bits per heavy atom. The van der Waals surface area contributed by atoms with Crippen LogP contribution in [0.3, 0.4) is 0 Å². The van der Waals surface area contributed by atoms with Crippen molar-refractivity contribution in [2.24, 2.45) is 7.05 Å². The molecule has 0 N–H and O–H groups in total. The lowest BCUT2D eigenvalue weighted by Crippen LogP contribution is -2.00. The van der Waals surface area contributed by atoms with Crippen molar-refractivity contribution < 1.29 is 9.53 Å². The first-order chi connectivity index (χ1) is 6.65. The number of carbonyl (C=O) groups is 1. The number of hydrogen-bond donors (Lipinski definition) is 0. The fourth-order valence-electron chi connectivity index (χ4n) is 1.13. The fourth-order valence-corrected chi connectivity index (χ4v) is 1.13. The van der Waals surface area contributed by atoms with Gasteiger partial charge in [-0.15, -0.1) is 0 Å². The highest BCUT2D eigenvalue weighted by Gasteiger charge is 2.01. The van der Waals surface area contributed by atoms with E-state index in [1.807, 2.05) is 14.0 Å². The maximum Gasteiger partial charge on any atom is 0.330 e. The molecule has 0 aliphatic rings. The van der Waals surface area contributed by atoms with E-state index >= 15 is 0 Å². The van der Waals surface area contributed by atoms with Gasteiger partial charge in [0.1, 0.15) is 0 Å². The number of aryl methyl sites for hydroxylation is 2. The average Bonchev–Trinajstić information content (AvgIpc) is 2.44. The van der Waals surface area contributed by atoms with Crippen LogP contribution in [-0.4, -0.2) is 22.4 Å². The predicted octanol–water partition coefficient (Wildman–Crippen LogP) is 1.30. The summed E-state index contributed by atoms with van der Waals surface area (Å²) in [6.07, 6.45) is 4.87. The molecule has 0 saturated heterocycles. The molecule has 0 aromatic carbocycles. The highest BCUT2D eigenvalue weighted by atomic mass is 16.5. The largest absolute Gasteiger partial charge is 0.463 e. The Morgan fingerprint density at radius 2 is 2.43 bits per heavy atom. The Labute approximate surface area is 83.2 Å². The molecule has 0 amide bonds. The van der Waals surface area contributed by atoms with Gasteiger partial charge >= 0.3 is 5.97 Å². The summed E-state index contributed by atoms with van der Waals surface area (Å²) in [7, 11) is 1.83. The molecule has 1 aromatic heterocycles. The van der Waals surface area contributed by atoms with Crippen LogP contribution >= 0.6 is 0 Å². The maximum atomic E-state index is 11.0. The van der Waals surface area contributed by atoms with Gasteiger partial charge in [-0.25, -0.2) is 4.79 Å². The summed E-state index contributed by atoms with van der Waals surface area (Å²) >= 11 is 0. The minimum atomic E-state index is -0.326. The van der Waals surface area contributed by atoms with E-state index < -0.39 is 0 Å². The quantitative estimate of drug-likeness (QED) is 0.538. The molecule has 76 valence electrons. The summed E-state index contributed by atoms with van der Waals surface area (Å²) in [5, 5.41) is 4.05. The number of rotatable bonds is 3. The van der Waals surface area contributed by atoms with Crippen LogP contribution in [0.15, 0.2) is 12.3 Å². The molecule has 4 nitrogen and oxygen atoms in total. The average molecular weight is 194 g/mol. The molecule has 0 aliphatic heterocycles. The van der Waals surface area contributed by atoms with E-state index in [9.17, 15) is 4.79 Å². The standard InChI is InChI=1S/C10H14N2O2/c1-4-14-10(13)6-5-9-8(2)7-11-12(9)3/h5-7H,4H2,1-3H3/b6-5+. The minimum absolute atomic E-state index is 0.326. The summed E-state index contributed by atoms with van der Waals surface area (Å²) < 4.78 is 6.48. The van der Waals surface area contributed by atoms with Gasteiger partial charge in [0.15, 0.2) is 0 Å². The van der Waals surface area contributed by atoms with Gasteiger partial charge < -0.3 is 4.74 Å².